The molecule has 1 unspecified atom stereocenters. The third-order valence-corrected chi connectivity index (χ3v) is 2.03. The largest absolute Gasteiger partial charge is 0.380 e. The quantitative estimate of drug-likeness (QED) is 0.746. The third-order valence-electron chi connectivity index (χ3n) is 2.03. The van der Waals surface area contributed by atoms with Gasteiger partial charge in [0.05, 0.1) is 0 Å². The Morgan fingerprint density at radius 1 is 1.36 bits per heavy atom. The lowest BCUT2D eigenvalue weighted by Crippen LogP contribution is -2.02. The van der Waals surface area contributed by atoms with Crippen LogP contribution in [0.2, 0.25) is 0 Å². The number of pyridine rings is 1. The van der Waals surface area contributed by atoms with Gasteiger partial charge in [-0.1, -0.05) is 6.07 Å². The van der Waals surface area contributed by atoms with E-state index in [-0.39, 0.29) is 0 Å². The average Bonchev–Trinajstić information content (AvgIpc) is 2.71. The molecule has 2 rings (SSSR count). The van der Waals surface area contributed by atoms with Crippen molar-refractivity contribution in [2.75, 3.05) is 0 Å². The number of aromatic nitrogens is 3. The maximum absolute atomic E-state index is 9.84. The number of hydrogen-bond acceptors (Lipinski definition) is 3. The summed E-state index contributed by atoms with van der Waals surface area (Å²) in [7, 11) is 0. The molecule has 2 heterocycles. The number of aliphatic hydroxyl groups excluding tert-OH is 1. The molecule has 2 aromatic heterocycles. The number of nitrogens with zero attached hydrogens (tertiary/aromatic N) is 2. The van der Waals surface area contributed by atoms with E-state index in [1.54, 1.807) is 18.6 Å². The van der Waals surface area contributed by atoms with Crippen molar-refractivity contribution in [3.05, 3.63) is 47.8 Å². The van der Waals surface area contributed by atoms with Crippen molar-refractivity contribution in [2.45, 2.75) is 13.0 Å². The van der Waals surface area contributed by atoms with Gasteiger partial charge in [-0.25, -0.2) is 4.98 Å². The van der Waals surface area contributed by atoms with Crippen molar-refractivity contribution >= 4 is 0 Å². The lowest BCUT2D eigenvalue weighted by atomic mass is 10.1. The fourth-order valence-corrected chi connectivity index (χ4v) is 1.23. The van der Waals surface area contributed by atoms with E-state index in [2.05, 4.69) is 15.0 Å². The summed E-state index contributed by atoms with van der Waals surface area (Å²) in [6.07, 6.45) is 4.22. The molecule has 0 saturated heterocycles. The first-order valence-electron chi connectivity index (χ1n) is 4.37. The maximum Gasteiger partial charge on any atom is 0.139 e. The number of rotatable bonds is 2. The van der Waals surface area contributed by atoms with Gasteiger partial charge in [0.1, 0.15) is 11.9 Å². The molecule has 0 spiro atoms. The zero-order valence-corrected chi connectivity index (χ0v) is 7.81. The molecule has 0 radical (unpaired) electrons. The fraction of sp³-hybridized carbons (Fsp3) is 0.200. The van der Waals surface area contributed by atoms with Gasteiger partial charge in [-0.15, -0.1) is 0 Å². The van der Waals surface area contributed by atoms with Crippen LogP contribution in [0.3, 0.4) is 0 Å². The van der Waals surface area contributed by atoms with Crippen LogP contribution in [0.1, 0.15) is 23.2 Å². The highest BCUT2D eigenvalue weighted by Crippen LogP contribution is 2.17. The van der Waals surface area contributed by atoms with E-state index in [4.69, 9.17) is 0 Å². The molecule has 14 heavy (non-hydrogen) atoms. The lowest BCUT2D eigenvalue weighted by molar-refractivity contribution is 0.210. The second-order valence-corrected chi connectivity index (χ2v) is 3.11. The van der Waals surface area contributed by atoms with Gasteiger partial charge in [-0.05, 0) is 13.0 Å². The normalized spacial score (nSPS) is 12.7. The highest BCUT2D eigenvalue weighted by atomic mass is 16.3. The SMILES string of the molecule is Cc1ccc(C(O)c2ncc[nH]2)cn1. The molecule has 0 fully saturated rings. The summed E-state index contributed by atoms with van der Waals surface area (Å²) in [6, 6.07) is 3.71. The van der Waals surface area contributed by atoms with Gasteiger partial charge in [-0.3, -0.25) is 4.98 Å². The standard InChI is InChI=1S/C10H11N3O/c1-7-2-3-8(6-13-7)9(14)10-11-4-5-12-10/h2-6,9,14H,1H3,(H,11,12). The number of imidazole rings is 1. The van der Waals surface area contributed by atoms with E-state index in [9.17, 15) is 5.11 Å². The summed E-state index contributed by atoms with van der Waals surface area (Å²) in [5.41, 5.74) is 1.67. The van der Waals surface area contributed by atoms with Gasteiger partial charge in [0, 0.05) is 29.8 Å². The Labute approximate surface area is 81.7 Å². The molecule has 0 amide bonds. The van der Waals surface area contributed by atoms with E-state index in [0.29, 0.717) is 5.82 Å². The molecule has 0 aliphatic carbocycles. The second-order valence-electron chi connectivity index (χ2n) is 3.11. The van der Waals surface area contributed by atoms with Crippen LogP contribution < -0.4 is 0 Å². The van der Waals surface area contributed by atoms with Crippen molar-refractivity contribution in [3.8, 4) is 0 Å². The molecule has 4 heteroatoms. The smallest absolute Gasteiger partial charge is 0.139 e. The first kappa shape index (κ1) is 8.90. The number of aliphatic hydroxyl groups is 1. The Kier molecular flexibility index (Phi) is 2.28. The molecule has 0 aliphatic heterocycles. The monoisotopic (exact) mass is 189 g/mol. The van der Waals surface area contributed by atoms with E-state index < -0.39 is 6.10 Å². The molecule has 0 aromatic carbocycles. The summed E-state index contributed by atoms with van der Waals surface area (Å²) in [5.74, 6) is 0.538. The van der Waals surface area contributed by atoms with Crippen molar-refractivity contribution in [1.29, 1.82) is 0 Å². The molecule has 2 N–H and O–H groups in total. The minimum atomic E-state index is -0.724. The minimum absolute atomic E-state index is 0.538. The molecule has 72 valence electrons. The average molecular weight is 189 g/mol. The Morgan fingerprint density at radius 2 is 2.21 bits per heavy atom. The van der Waals surface area contributed by atoms with E-state index in [1.807, 2.05) is 19.1 Å². The topological polar surface area (TPSA) is 61.8 Å². The van der Waals surface area contributed by atoms with Crippen molar-refractivity contribution in [1.82, 2.24) is 15.0 Å². The van der Waals surface area contributed by atoms with E-state index in [0.717, 1.165) is 11.3 Å². The van der Waals surface area contributed by atoms with Gasteiger partial charge in [0.15, 0.2) is 0 Å². The third kappa shape index (κ3) is 1.65. The summed E-state index contributed by atoms with van der Waals surface area (Å²) >= 11 is 0. The lowest BCUT2D eigenvalue weighted by Gasteiger charge is -2.07. The second kappa shape index (κ2) is 3.59. The van der Waals surface area contributed by atoms with Gasteiger partial charge in [-0.2, -0.15) is 0 Å². The molecule has 0 saturated carbocycles. The van der Waals surface area contributed by atoms with Crippen LogP contribution in [-0.2, 0) is 0 Å². The van der Waals surface area contributed by atoms with Crippen molar-refractivity contribution in [3.63, 3.8) is 0 Å². The predicted molar refractivity (Wildman–Crippen MR) is 51.6 cm³/mol. The Bertz CT molecular complexity index is 394. The first-order chi connectivity index (χ1) is 6.77. The number of H-pyrrole nitrogens is 1. The van der Waals surface area contributed by atoms with E-state index in [1.165, 1.54) is 0 Å². The number of nitrogens with one attached hydrogen (secondary N) is 1. The van der Waals surface area contributed by atoms with Crippen LogP contribution in [0, 0.1) is 6.92 Å². The number of aromatic amines is 1. The molecular formula is C10H11N3O. The zero-order valence-electron chi connectivity index (χ0n) is 7.81. The van der Waals surface area contributed by atoms with E-state index >= 15 is 0 Å². The number of aryl methyl sites for hydroxylation is 1. The molecule has 0 bridgehead atoms. The summed E-state index contributed by atoms with van der Waals surface area (Å²) in [6.45, 7) is 1.91. The summed E-state index contributed by atoms with van der Waals surface area (Å²) < 4.78 is 0. The van der Waals surface area contributed by atoms with Gasteiger partial charge in [0.2, 0.25) is 0 Å². The zero-order chi connectivity index (χ0) is 9.97. The van der Waals surface area contributed by atoms with Crippen LogP contribution in [-0.4, -0.2) is 20.1 Å². The van der Waals surface area contributed by atoms with Crippen LogP contribution in [0.5, 0.6) is 0 Å². The van der Waals surface area contributed by atoms with Crippen LogP contribution in [0.25, 0.3) is 0 Å². The Morgan fingerprint density at radius 3 is 2.79 bits per heavy atom. The fourth-order valence-electron chi connectivity index (χ4n) is 1.23. The maximum atomic E-state index is 9.84. The van der Waals surface area contributed by atoms with Crippen molar-refractivity contribution in [2.24, 2.45) is 0 Å². The molecule has 2 aromatic rings. The van der Waals surface area contributed by atoms with Gasteiger partial charge >= 0.3 is 0 Å². The van der Waals surface area contributed by atoms with Gasteiger partial charge in [0.25, 0.3) is 0 Å². The summed E-state index contributed by atoms with van der Waals surface area (Å²) in [4.78, 5) is 11.0. The van der Waals surface area contributed by atoms with Crippen molar-refractivity contribution < 1.29 is 5.11 Å². The highest BCUT2D eigenvalue weighted by Gasteiger charge is 2.12. The first-order valence-corrected chi connectivity index (χ1v) is 4.37. The van der Waals surface area contributed by atoms with Crippen LogP contribution >= 0.6 is 0 Å². The molecule has 1 atom stereocenters. The highest BCUT2D eigenvalue weighted by molar-refractivity contribution is 5.20. The Balaban J connectivity index is 2.28. The van der Waals surface area contributed by atoms with Crippen LogP contribution in [0.15, 0.2) is 30.7 Å². The molecule has 4 nitrogen and oxygen atoms in total. The minimum Gasteiger partial charge on any atom is -0.380 e. The number of hydrogen-bond donors (Lipinski definition) is 2. The predicted octanol–water partition coefficient (Wildman–Crippen LogP) is 1.19. The molecular weight excluding hydrogens is 178 g/mol. The van der Waals surface area contributed by atoms with Crippen LogP contribution in [0.4, 0.5) is 0 Å². The Hall–Kier alpha value is -1.68. The molecule has 0 aliphatic rings. The summed E-state index contributed by atoms with van der Waals surface area (Å²) in [5, 5.41) is 9.84. The van der Waals surface area contributed by atoms with Gasteiger partial charge < -0.3 is 10.1 Å².